The number of benzene rings is 2. The van der Waals surface area contributed by atoms with E-state index in [1.54, 1.807) is 6.07 Å². The van der Waals surface area contributed by atoms with Gasteiger partial charge in [0.1, 0.15) is 0 Å². The lowest BCUT2D eigenvalue weighted by molar-refractivity contribution is -0.115. The Morgan fingerprint density at radius 3 is 2.86 bits per heavy atom. The summed E-state index contributed by atoms with van der Waals surface area (Å²) in [5, 5.41) is 3.15. The Balaban J connectivity index is 1.87. The molecule has 21 heavy (non-hydrogen) atoms. The zero-order valence-electron chi connectivity index (χ0n) is 11.0. The fourth-order valence-electron chi connectivity index (χ4n) is 2.49. The SMILES string of the molecule is O=C1Cc2cc(C(Cl)Cc3cccc(Br)c3)c(Cl)cc2N1. The number of fused-ring (bicyclic) bond motifs is 1. The molecule has 1 atom stereocenters. The molecule has 108 valence electrons. The van der Waals surface area contributed by atoms with Crippen LogP contribution in [0.15, 0.2) is 40.9 Å². The minimum atomic E-state index is -0.229. The van der Waals surface area contributed by atoms with Gasteiger partial charge in [-0.25, -0.2) is 0 Å². The molecule has 1 amide bonds. The van der Waals surface area contributed by atoms with Crippen LogP contribution < -0.4 is 5.32 Å². The number of rotatable bonds is 3. The second kappa shape index (κ2) is 5.99. The Morgan fingerprint density at radius 2 is 2.10 bits per heavy atom. The van der Waals surface area contributed by atoms with E-state index in [4.69, 9.17) is 23.2 Å². The summed E-state index contributed by atoms with van der Waals surface area (Å²) in [6.45, 7) is 0. The van der Waals surface area contributed by atoms with Crippen molar-refractivity contribution >= 4 is 50.7 Å². The molecule has 1 aliphatic rings. The van der Waals surface area contributed by atoms with Gasteiger partial charge in [-0.15, -0.1) is 11.6 Å². The molecule has 0 radical (unpaired) electrons. The van der Waals surface area contributed by atoms with Crippen LogP contribution in [0.3, 0.4) is 0 Å². The lowest BCUT2D eigenvalue weighted by Crippen LogP contribution is -2.03. The molecular formula is C16H12BrCl2NO. The quantitative estimate of drug-likeness (QED) is 0.731. The largest absolute Gasteiger partial charge is 0.325 e. The van der Waals surface area contributed by atoms with Crippen molar-refractivity contribution in [3.05, 3.63) is 62.6 Å². The summed E-state index contributed by atoms with van der Waals surface area (Å²) < 4.78 is 1.03. The molecule has 1 unspecified atom stereocenters. The van der Waals surface area contributed by atoms with E-state index >= 15 is 0 Å². The number of nitrogens with one attached hydrogen (secondary N) is 1. The number of alkyl halides is 1. The smallest absolute Gasteiger partial charge is 0.228 e. The molecule has 0 saturated heterocycles. The van der Waals surface area contributed by atoms with E-state index in [2.05, 4.69) is 21.2 Å². The first-order valence-corrected chi connectivity index (χ1v) is 8.14. The van der Waals surface area contributed by atoms with Crippen LogP contribution in [0.25, 0.3) is 0 Å². The first-order valence-electron chi connectivity index (χ1n) is 6.53. The summed E-state index contributed by atoms with van der Waals surface area (Å²) in [5.41, 5.74) is 3.75. The van der Waals surface area contributed by atoms with Crippen molar-refractivity contribution in [2.24, 2.45) is 0 Å². The number of carbonyl (C=O) groups excluding carboxylic acids is 1. The van der Waals surface area contributed by atoms with Gasteiger partial charge in [0.25, 0.3) is 0 Å². The van der Waals surface area contributed by atoms with Gasteiger partial charge in [0.05, 0.1) is 11.8 Å². The Morgan fingerprint density at radius 1 is 1.29 bits per heavy atom. The van der Waals surface area contributed by atoms with Crippen LogP contribution in [-0.4, -0.2) is 5.91 Å². The Bertz CT molecular complexity index is 717. The Hall–Kier alpha value is -1.03. The van der Waals surface area contributed by atoms with Crippen molar-refractivity contribution in [3.8, 4) is 0 Å². The van der Waals surface area contributed by atoms with Gasteiger partial charge in [0.15, 0.2) is 0 Å². The molecule has 5 heteroatoms. The van der Waals surface area contributed by atoms with Crippen molar-refractivity contribution in [1.29, 1.82) is 0 Å². The van der Waals surface area contributed by atoms with Gasteiger partial charge < -0.3 is 5.32 Å². The first kappa shape index (κ1) is 14.9. The number of anilines is 1. The molecular weight excluding hydrogens is 373 g/mol. The van der Waals surface area contributed by atoms with Crippen LogP contribution >= 0.6 is 39.1 Å². The molecule has 2 aromatic carbocycles. The normalized spacial score (nSPS) is 14.7. The van der Waals surface area contributed by atoms with Crippen LogP contribution in [0, 0.1) is 0 Å². The topological polar surface area (TPSA) is 29.1 Å². The lowest BCUT2D eigenvalue weighted by Gasteiger charge is -2.14. The summed E-state index contributed by atoms with van der Waals surface area (Å²) in [6, 6.07) is 11.8. The van der Waals surface area contributed by atoms with Crippen LogP contribution in [0.4, 0.5) is 5.69 Å². The third kappa shape index (κ3) is 3.25. The molecule has 2 aromatic rings. The standard InChI is InChI=1S/C16H12BrCl2NO/c17-11-3-1-2-9(4-11)5-13(18)12-6-10-7-16(21)20-15(10)8-14(12)19/h1-4,6,8,13H,5,7H2,(H,20,21). The number of hydrogen-bond acceptors (Lipinski definition) is 1. The molecule has 0 fully saturated rings. The maximum atomic E-state index is 11.4. The van der Waals surface area contributed by atoms with E-state index in [-0.39, 0.29) is 11.3 Å². The zero-order valence-corrected chi connectivity index (χ0v) is 14.1. The molecule has 0 saturated carbocycles. The maximum absolute atomic E-state index is 11.4. The average molecular weight is 385 g/mol. The van der Waals surface area contributed by atoms with E-state index in [1.807, 2.05) is 30.3 Å². The summed E-state index contributed by atoms with van der Waals surface area (Å²) in [5.74, 6) is -0.00340. The van der Waals surface area contributed by atoms with E-state index < -0.39 is 0 Å². The van der Waals surface area contributed by atoms with Crippen molar-refractivity contribution in [2.45, 2.75) is 18.2 Å². The van der Waals surface area contributed by atoms with Crippen LogP contribution in [-0.2, 0) is 17.6 Å². The molecule has 0 aliphatic carbocycles. The summed E-state index contributed by atoms with van der Waals surface area (Å²) in [4.78, 5) is 11.4. The van der Waals surface area contributed by atoms with Crippen molar-refractivity contribution in [2.75, 3.05) is 5.32 Å². The third-order valence-corrected chi connectivity index (χ3v) is 4.70. The average Bonchev–Trinajstić information content (AvgIpc) is 2.76. The predicted molar refractivity (Wildman–Crippen MR) is 90.2 cm³/mol. The second-order valence-corrected chi connectivity index (χ2v) is 6.91. The monoisotopic (exact) mass is 383 g/mol. The molecule has 2 nitrogen and oxygen atoms in total. The predicted octanol–water partition coefficient (Wildman–Crippen LogP) is 5.12. The number of carbonyl (C=O) groups is 1. The van der Waals surface area contributed by atoms with Gasteiger partial charge in [0.2, 0.25) is 5.91 Å². The van der Waals surface area contributed by atoms with Gasteiger partial charge in [0, 0.05) is 15.2 Å². The highest BCUT2D eigenvalue weighted by Crippen LogP contribution is 2.36. The van der Waals surface area contributed by atoms with Crippen molar-refractivity contribution in [1.82, 2.24) is 0 Å². The number of hydrogen-bond donors (Lipinski definition) is 1. The van der Waals surface area contributed by atoms with Gasteiger partial charge in [-0.2, -0.15) is 0 Å². The molecule has 1 aliphatic heterocycles. The molecule has 1 N–H and O–H groups in total. The summed E-state index contributed by atoms with van der Waals surface area (Å²) in [7, 11) is 0. The van der Waals surface area contributed by atoms with Gasteiger partial charge >= 0.3 is 0 Å². The minimum Gasteiger partial charge on any atom is -0.325 e. The fourth-order valence-corrected chi connectivity index (χ4v) is 3.64. The number of amides is 1. The van der Waals surface area contributed by atoms with Crippen molar-refractivity contribution in [3.63, 3.8) is 0 Å². The number of halogens is 3. The van der Waals surface area contributed by atoms with Crippen molar-refractivity contribution < 1.29 is 4.79 Å². The lowest BCUT2D eigenvalue weighted by atomic mass is 10.0. The van der Waals surface area contributed by atoms with Gasteiger partial charge in [-0.1, -0.05) is 45.7 Å². The molecule has 3 rings (SSSR count). The Kier molecular flexibility index (Phi) is 4.25. The highest BCUT2D eigenvalue weighted by molar-refractivity contribution is 9.10. The van der Waals surface area contributed by atoms with E-state index in [0.29, 0.717) is 17.9 Å². The summed E-state index contributed by atoms with van der Waals surface area (Å²) in [6.07, 6.45) is 1.07. The highest BCUT2D eigenvalue weighted by atomic mass is 79.9. The minimum absolute atomic E-state index is 0.00340. The van der Waals surface area contributed by atoms with E-state index in [1.165, 1.54) is 0 Å². The van der Waals surface area contributed by atoms with E-state index in [9.17, 15) is 4.79 Å². The second-order valence-electron chi connectivity index (χ2n) is 5.06. The maximum Gasteiger partial charge on any atom is 0.228 e. The highest BCUT2D eigenvalue weighted by Gasteiger charge is 2.22. The van der Waals surface area contributed by atoms with Crippen LogP contribution in [0.1, 0.15) is 22.1 Å². The molecule has 0 aromatic heterocycles. The fraction of sp³-hybridized carbons (Fsp3) is 0.188. The van der Waals surface area contributed by atoms with Crippen LogP contribution in [0.2, 0.25) is 5.02 Å². The first-order chi connectivity index (χ1) is 10.0. The Labute approximate surface area is 141 Å². The van der Waals surface area contributed by atoms with Crippen LogP contribution in [0.5, 0.6) is 0 Å². The zero-order chi connectivity index (χ0) is 15.0. The third-order valence-electron chi connectivity index (χ3n) is 3.49. The van der Waals surface area contributed by atoms with E-state index in [0.717, 1.165) is 26.9 Å². The molecule has 0 bridgehead atoms. The molecule has 1 heterocycles. The van der Waals surface area contributed by atoms with Gasteiger partial charge in [-0.3, -0.25) is 4.79 Å². The molecule has 0 spiro atoms. The van der Waals surface area contributed by atoms with Gasteiger partial charge in [-0.05, 0) is 41.3 Å². The summed E-state index contributed by atoms with van der Waals surface area (Å²) >= 11 is 16.3.